The van der Waals surface area contributed by atoms with Crippen LogP contribution in [0.25, 0.3) is 11.0 Å². The van der Waals surface area contributed by atoms with E-state index in [1.165, 1.54) is 11.3 Å². The molecule has 0 spiro atoms. The lowest BCUT2D eigenvalue weighted by Crippen LogP contribution is -2.27. The number of benzene rings is 1. The van der Waals surface area contributed by atoms with E-state index in [1.54, 1.807) is 16.4 Å². The first-order valence-electron chi connectivity index (χ1n) is 11.5. The van der Waals surface area contributed by atoms with Crippen LogP contribution in [-0.4, -0.2) is 46.3 Å². The van der Waals surface area contributed by atoms with Crippen molar-refractivity contribution < 1.29 is 13.2 Å². The number of rotatable bonds is 9. The van der Waals surface area contributed by atoms with Gasteiger partial charge in [0.25, 0.3) is 0 Å². The molecule has 178 valence electrons. The monoisotopic (exact) mass is 489 g/mol. The standard InChI is InChI=1S/C23H31N5O3S2/c1-4-11-28-20-8-7-17(33(30,31)27-12-5-6-13-27)14-18(20)24-21(28)9-10-22(29)26-23-25-19(15-32-23)16(2)3/h7-8,14-16H,4-6,9-13H2,1-3H3,(H,25,26,29). The summed E-state index contributed by atoms with van der Waals surface area (Å²) < 4.78 is 29.6. The molecule has 1 fully saturated rings. The molecule has 0 bridgehead atoms. The second-order valence-electron chi connectivity index (χ2n) is 8.72. The molecular formula is C23H31N5O3S2. The van der Waals surface area contributed by atoms with E-state index in [-0.39, 0.29) is 17.2 Å². The highest BCUT2D eigenvalue weighted by molar-refractivity contribution is 7.89. The first kappa shape index (κ1) is 23.8. The number of amides is 1. The van der Waals surface area contributed by atoms with E-state index in [0.717, 1.165) is 42.8 Å². The SMILES string of the molecule is CCCn1c(CCC(=O)Nc2nc(C(C)C)cs2)nc2cc(S(=O)(=O)N3CCCC3)ccc21. The van der Waals surface area contributed by atoms with Gasteiger partial charge < -0.3 is 9.88 Å². The molecule has 1 N–H and O–H groups in total. The minimum atomic E-state index is -3.50. The highest BCUT2D eigenvalue weighted by Gasteiger charge is 2.28. The van der Waals surface area contributed by atoms with Crippen LogP contribution < -0.4 is 5.32 Å². The van der Waals surface area contributed by atoms with Crippen molar-refractivity contribution in [3.05, 3.63) is 35.1 Å². The minimum Gasteiger partial charge on any atom is -0.328 e. The van der Waals surface area contributed by atoms with Crippen molar-refractivity contribution in [3.8, 4) is 0 Å². The normalized spacial score (nSPS) is 15.0. The van der Waals surface area contributed by atoms with Gasteiger partial charge in [0.1, 0.15) is 5.82 Å². The second kappa shape index (κ2) is 9.90. The molecule has 1 amide bonds. The summed E-state index contributed by atoms with van der Waals surface area (Å²) in [5, 5.41) is 5.46. The van der Waals surface area contributed by atoms with Crippen molar-refractivity contribution in [2.45, 2.75) is 70.2 Å². The highest BCUT2D eigenvalue weighted by Crippen LogP contribution is 2.26. The molecule has 1 aliphatic heterocycles. The Morgan fingerprint density at radius 1 is 1.21 bits per heavy atom. The fourth-order valence-electron chi connectivity index (χ4n) is 4.08. The summed E-state index contributed by atoms with van der Waals surface area (Å²) in [5.74, 6) is 1.01. The summed E-state index contributed by atoms with van der Waals surface area (Å²) in [6.07, 6.45) is 3.46. The van der Waals surface area contributed by atoms with Crippen molar-refractivity contribution in [2.75, 3.05) is 18.4 Å². The molecular weight excluding hydrogens is 458 g/mol. The molecule has 0 saturated carbocycles. The number of nitrogens with one attached hydrogen (secondary N) is 1. The molecule has 0 unspecified atom stereocenters. The van der Waals surface area contributed by atoms with Crippen LogP contribution in [0.2, 0.25) is 0 Å². The quantitative estimate of drug-likeness (QED) is 0.481. The number of fused-ring (bicyclic) bond motifs is 1. The van der Waals surface area contributed by atoms with Gasteiger partial charge >= 0.3 is 0 Å². The molecule has 0 aliphatic carbocycles. The first-order valence-corrected chi connectivity index (χ1v) is 13.9. The van der Waals surface area contributed by atoms with Gasteiger partial charge in [-0.15, -0.1) is 11.3 Å². The number of carbonyl (C=O) groups excluding carboxylic acids is 1. The van der Waals surface area contributed by atoms with Crippen molar-refractivity contribution in [1.29, 1.82) is 0 Å². The van der Waals surface area contributed by atoms with E-state index in [0.29, 0.717) is 36.1 Å². The van der Waals surface area contributed by atoms with E-state index in [1.807, 2.05) is 11.4 Å². The van der Waals surface area contributed by atoms with Crippen molar-refractivity contribution in [2.24, 2.45) is 0 Å². The van der Waals surface area contributed by atoms with Crippen molar-refractivity contribution in [1.82, 2.24) is 18.8 Å². The number of sulfonamides is 1. The zero-order valence-corrected chi connectivity index (χ0v) is 21.0. The zero-order valence-electron chi connectivity index (χ0n) is 19.4. The third-order valence-electron chi connectivity index (χ3n) is 5.88. The van der Waals surface area contributed by atoms with Gasteiger partial charge in [-0.25, -0.2) is 18.4 Å². The number of hydrogen-bond acceptors (Lipinski definition) is 6. The van der Waals surface area contributed by atoms with Crippen LogP contribution in [0.4, 0.5) is 5.13 Å². The summed E-state index contributed by atoms with van der Waals surface area (Å²) in [6.45, 7) is 8.13. The van der Waals surface area contributed by atoms with Crippen LogP contribution in [0.3, 0.4) is 0 Å². The van der Waals surface area contributed by atoms with E-state index in [9.17, 15) is 13.2 Å². The van der Waals surface area contributed by atoms with Crippen LogP contribution in [0.1, 0.15) is 63.9 Å². The van der Waals surface area contributed by atoms with Crippen LogP contribution in [0.15, 0.2) is 28.5 Å². The maximum absolute atomic E-state index is 13.0. The topological polar surface area (TPSA) is 97.2 Å². The molecule has 4 rings (SSSR count). The Morgan fingerprint density at radius 3 is 2.64 bits per heavy atom. The Morgan fingerprint density at radius 2 is 1.97 bits per heavy atom. The summed E-state index contributed by atoms with van der Waals surface area (Å²) in [6, 6.07) is 5.18. The molecule has 0 radical (unpaired) electrons. The number of nitrogens with zero attached hydrogens (tertiary/aromatic N) is 4. The summed E-state index contributed by atoms with van der Waals surface area (Å²) in [5.41, 5.74) is 2.52. The molecule has 1 aliphatic rings. The van der Waals surface area contributed by atoms with Gasteiger partial charge in [-0.3, -0.25) is 4.79 Å². The number of aryl methyl sites for hydroxylation is 2. The summed E-state index contributed by atoms with van der Waals surface area (Å²) in [4.78, 5) is 22.0. The van der Waals surface area contributed by atoms with Crippen molar-refractivity contribution in [3.63, 3.8) is 0 Å². The summed E-state index contributed by atoms with van der Waals surface area (Å²) in [7, 11) is -3.50. The molecule has 1 aromatic carbocycles. The van der Waals surface area contributed by atoms with E-state index >= 15 is 0 Å². The minimum absolute atomic E-state index is 0.105. The molecule has 8 nitrogen and oxygen atoms in total. The van der Waals surface area contributed by atoms with Gasteiger partial charge in [0.15, 0.2) is 5.13 Å². The number of anilines is 1. The lowest BCUT2D eigenvalue weighted by Gasteiger charge is -2.15. The number of thiazole rings is 1. The molecule has 10 heteroatoms. The third kappa shape index (κ3) is 5.12. The molecule has 3 heterocycles. The Bertz CT molecular complexity index is 1240. The Hall–Kier alpha value is -2.30. The number of hydrogen-bond donors (Lipinski definition) is 1. The Balaban J connectivity index is 1.52. The Labute approximate surface area is 199 Å². The van der Waals surface area contributed by atoms with Gasteiger partial charge in [-0.05, 0) is 43.4 Å². The second-order valence-corrected chi connectivity index (χ2v) is 11.5. The van der Waals surface area contributed by atoms with Gasteiger partial charge in [0.2, 0.25) is 15.9 Å². The Kier molecular flexibility index (Phi) is 7.16. The summed E-state index contributed by atoms with van der Waals surface area (Å²) >= 11 is 1.43. The predicted molar refractivity (Wildman–Crippen MR) is 131 cm³/mol. The van der Waals surface area contributed by atoms with Gasteiger partial charge in [0, 0.05) is 37.9 Å². The maximum Gasteiger partial charge on any atom is 0.243 e. The molecule has 1 saturated heterocycles. The van der Waals surface area contributed by atoms with Gasteiger partial charge in [0.05, 0.1) is 21.6 Å². The van der Waals surface area contributed by atoms with E-state index in [4.69, 9.17) is 4.98 Å². The first-order chi connectivity index (χ1) is 15.8. The number of carbonyl (C=O) groups is 1. The largest absolute Gasteiger partial charge is 0.328 e. The molecule has 0 atom stereocenters. The van der Waals surface area contributed by atoms with Crippen LogP contribution in [-0.2, 0) is 27.8 Å². The number of imidazole rings is 1. The maximum atomic E-state index is 13.0. The molecule has 2 aromatic heterocycles. The zero-order chi connectivity index (χ0) is 23.6. The smallest absolute Gasteiger partial charge is 0.243 e. The van der Waals surface area contributed by atoms with Crippen LogP contribution >= 0.6 is 11.3 Å². The average Bonchev–Trinajstić information content (AvgIpc) is 3.53. The lowest BCUT2D eigenvalue weighted by molar-refractivity contribution is -0.116. The molecule has 33 heavy (non-hydrogen) atoms. The number of aromatic nitrogens is 3. The van der Waals surface area contributed by atoms with Gasteiger partial charge in [-0.1, -0.05) is 20.8 Å². The average molecular weight is 490 g/mol. The molecule has 3 aromatic rings. The third-order valence-corrected chi connectivity index (χ3v) is 8.55. The highest BCUT2D eigenvalue weighted by atomic mass is 32.2. The van der Waals surface area contributed by atoms with Gasteiger partial charge in [-0.2, -0.15) is 4.31 Å². The predicted octanol–water partition coefficient (Wildman–Crippen LogP) is 4.38. The fourth-order valence-corrected chi connectivity index (χ4v) is 6.50. The van der Waals surface area contributed by atoms with E-state index in [2.05, 4.69) is 35.6 Å². The lowest BCUT2D eigenvalue weighted by atomic mass is 10.2. The van der Waals surface area contributed by atoms with Crippen molar-refractivity contribution >= 4 is 43.4 Å². The fraction of sp³-hybridized carbons (Fsp3) is 0.522. The van der Waals surface area contributed by atoms with E-state index < -0.39 is 10.0 Å². The van der Waals surface area contributed by atoms with Crippen LogP contribution in [0, 0.1) is 0 Å². The van der Waals surface area contributed by atoms with Crippen LogP contribution in [0.5, 0.6) is 0 Å².